The van der Waals surface area contributed by atoms with Crippen LogP contribution < -0.4 is 0 Å². The van der Waals surface area contributed by atoms with Gasteiger partial charge in [0, 0.05) is 19.3 Å². The molecule has 0 bridgehead atoms. The maximum atomic E-state index is 10.8. The van der Waals surface area contributed by atoms with Crippen LogP contribution in [0.5, 0.6) is 0 Å². The smallest absolute Gasteiger partial charge is 0.198 e. The minimum absolute atomic E-state index is 0.0535. The molecule has 62 valence electrons. The van der Waals surface area contributed by atoms with Gasteiger partial charge in [0.05, 0.1) is 0 Å². The van der Waals surface area contributed by atoms with Crippen LogP contribution >= 0.6 is 0 Å². The molecule has 0 spiro atoms. The summed E-state index contributed by atoms with van der Waals surface area (Å²) >= 11 is 0. The highest BCUT2D eigenvalue weighted by Gasteiger charge is 2.10. The Morgan fingerprint density at radius 2 is 1.55 bits per heavy atom. The minimum Gasteiger partial charge on any atom is -0.300 e. The molecule has 0 amide bonds. The molecular weight excluding hydrogens is 144 g/mol. The van der Waals surface area contributed by atoms with Gasteiger partial charge in [-0.2, -0.15) is 0 Å². The molecule has 0 fully saturated rings. The zero-order valence-corrected chi connectivity index (χ0v) is 6.85. The third-order valence-corrected chi connectivity index (χ3v) is 1.34. The summed E-state index contributed by atoms with van der Waals surface area (Å²) in [7, 11) is 0. The van der Waals surface area contributed by atoms with Gasteiger partial charge in [-0.25, -0.2) is 0 Å². The van der Waals surface area contributed by atoms with Crippen LogP contribution in [0.1, 0.15) is 33.1 Å². The van der Waals surface area contributed by atoms with E-state index in [2.05, 4.69) is 0 Å². The molecule has 0 heterocycles. The summed E-state index contributed by atoms with van der Waals surface area (Å²) in [6.45, 7) is 3.04. The van der Waals surface area contributed by atoms with Crippen molar-refractivity contribution in [2.24, 2.45) is 0 Å². The summed E-state index contributed by atoms with van der Waals surface area (Å²) in [5.74, 6) is -0.865. The summed E-state index contributed by atoms with van der Waals surface area (Å²) in [5, 5.41) is 0. The topological polar surface area (TPSA) is 51.2 Å². The number of ketones is 3. The Bertz CT molecular complexity index is 182. The quantitative estimate of drug-likeness (QED) is 0.556. The normalized spacial score (nSPS) is 9.27. The van der Waals surface area contributed by atoms with E-state index in [1.54, 1.807) is 6.92 Å². The standard InChI is InChI=1S/C8H12O3/c1-3-7(10)8(11)5-4-6(2)9/h3-5H2,1-2H3. The average Bonchev–Trinajstić information content (AvgIpc) is 1.98. The van der Waals surface area contributed by atoms with Crippen molar-refractivity contribution in [1.29, 1.82) is 0 Å². The van der Waals surface area contributed by atoms with Crippen LogP contribution in [0.25, 0.3) is 0 Å². The van der Waals surface area contributed by atoms with E-state index in [1.807, 2.05) is 0 Å². The van der Waals surface area contributed by atoms with Gasteiger partial charge in [-0.15, -0.1) is 0 Å². The van der Waals surface area contributed by atoms with Gasteiger partial charge >= 0.3 is 0 Å². The van der Waals surface area contributed by atoms with Crippen LogP contribution in [0, 0.1) is 0 Å². The van der Waals surface area contributed by atoms with Crippen molar-refractivity contribution >= 4 is 17.3 Å². The summed E-state index contributed by atoms with van der Waals surface area (Å²) in [5.41, 5.74) is 0. The number of hydrogen-bond donors (Lipinski definition) is 0. The van der Waals surface area contributed by atoms with E-state index in [4.69, 9.17) is 0 Å². The minimum atomic E-state index is -0.428. The first-order chi connectivity index (χ1) is 5.07. The van der Waals surface area contributed by atoms with Crippen LogP contribution in [0.2, 0.25) is 0 Å². The third kappa shape index (κ3) is 4.42. The molecule has 0 saturated carbocycles. The number of rotatable bonds is 5. The monoisotopic (exact) mass is 156 g/mol. The first-order valence-electron chi connectivity index (χ1n) is 3.63. The summed E-state index contributed by atoms with van der Waals surface area (Å²) < 4.78 is 0. The highest BCUT2D eigenvalue weighted by atomic mass is 16.2. The van der Waals surface area contributed by atoms with E-state index in [9.17, 15) is 14.4 Å². The molecule has 0 aliphatic rings. The molecule has 0 atom stereocenters. The molecule has 11 heavy (non-hydrogen) atoms. The van der Waals surface area contributed by atoms with Crippen molar-refractivity contribution in [3.05, 3.63) is 0 Å². The second kappa shape index (κ2) is 4.77. The molecule has 0 saturated heterocycles. The van der Waals surface area contributed by atoms with Gasteiger partial charge in [-0.3, -0.25) is 9.59 Å². The van der Waals surface area contributed by atoms with Crippen molar-refractivity contribution in [2.75, 3.05) is 0 Å². The second-order valence-electron chi connectivity index (χ2n) is 2.40. The zero-order chi connectivity index (χ0) is 8.85. The van der Waals surface area contributed by atoms with E-state index in [-0.39, 0.29) is 30.8 Å². The van der Waals surface area contributed by atoms with Gasteiger partial charge in [0.1, 0.15) is 5.78 Å². The van der Waals surface area contributed by atoms with Crippen molar-refractivity contribution in [3.63, 3.8) is 0 Å². The van der Waals surface area contributed by atoms with Gasteiger partial charge in [0.2, 0.25) is 0 Å². The van der Waals surface area contributed by atoms with Crippen molar-refractivity contribution in [2.45, 2.75) is 33.1 Å². The fourth-order valence-corrected chi connectivity index (χ4v) is 0.626. The van der Waals surface area contributed by atoms with Crippen LogP contribution in [0.4, 0.5) is 0 Å². The Morgan fingerprint density at radius 1 is 1.00 bits per heavy atom. The van der Waals surface area contributed by atoms with Crippen molar-refractivity contribution < 1.29 is 14.4 Å². The third-order valence-electron chi connectivity index (χ3n) is 1.34. The van der Waals surface area contributed by atoms with Crippen molar-refractivity contribution in [3.8, 4) is 0 Å². The van der Waals surface area contributed by atoms with E-state index in [1.165, 1.54) is 6.92 Å². The molecule has 3 heteroatoms. The molecule has 0 unspecified atom stereocenters. The number of carbonyl (C=O) groups excluding carboxylic acids is 3. The van der Waals surface area contributed by atoms with Crippen molar-refractivity contribution in [1.82, 2.24) is 0 Å². The molecule has 0 aliphatic heterocycles. The summed E-state index contributed by atoms with van der Waals surface area (Å²) in [6, 6.07) is 0. The average molecular weight is 156 g/mol. The first-order valence-corrected chi connectivity index (χ1v) is 3.63. The number of carbonyl (C=O) groups is 3. The highest BCUT2D eigenvalue weighted by Crippen LogP contribution is 1.95. The largest absolute Gasteiger partial charge is 0.300 e. The lowest BCUT2D eigenvalue weighted by Gasteiger charge is -1.93. The molecular formula is C8H12O3. The fourth-order valence-electron chi connectivity index (χ4n) is 0.626. The lowest BCUT2D eigenvalue weighted by atomic mass is 10.1. The summed E-state index contributed by atoms with van der Waals surface area (Å²) in [6.07, 6.45) is 0.489. The maximum absolute atomic E-state index is 10.8. The molecule has 0 radical (unpaired) electrons. The maximum Gasteiger partial charge on any atom is 0.198 e. The van der Waals surface area contributed by atoms with Gasteiger partial charge in [0.15, 0.2) is 11.6 Å². The molecule has 0 N–H and O–H groups in total. The Balaban J connectivity index is 3.70. The van der Waals surface area contributed by atoms with Crippen LogP contribution in [0.15, 0.2) is 0 Å². The Morgan fingerprint density at radius 3 is 1.91 bits per heavy atom. The lowest BCUT2D eigenvalue weighted by molar-refractivity contribution is -0.136. The number of hydrogen-bond acceptors (Lipinski definition) is 3. The van der Waals surface area contributed by atoms with Crippen LogP contribution in [-0.2, 0) is 14.4 Å². The number of Topliss-reactive ketones (excluding diaryl/α,β-unsaturated/α-hetero) is 3. The first kappa shape index (κ1) is 10.0. The van der Waals surface area contributed by atoms with E-state index < -0.39 is 5.78 Å². The Kier molecular flexibility index (Phi) is 4.34. The van der Waals surface area contributed by atoms with Gasteiger partial charge in [-0.05, 0) is 6.92 Å². The summed E-state index contributed by atoms with van der Waals surface area (Å²) in [4.78, 5) is 31.8. The molecule has 0 aromatic carbocycles. The lowest BCUT2D eigenvalue weighted by Crippen LogP contribution is -2.13. The fraction of sp³-hybridized carbons (Fsp3) is 0.625. The highest BCUT2D eigenvalue weighted by molar-refractivity contribution is 6.37. The zero-order valence-electron chi connectivity index (χ0n) is 6.85. The molecule has 0 aromatic rings. The van der Waals surface area contributed by atoms with E-state index in [0.717, 1.165) is 0 Å². The van der Waals surface area contributed by atoms with Crippen LogP contribution in [-0.4, -0.2) is 17.3 Å². The second-order valence-corrected chi connectivity index (χ2v) is 2.40. The SMILES string of the molecule is CCC(=O)C(=O)CCC(C)=O. The van der Waals surface area contributed by atoms with Gasteiger partial charge in [-0.1, -0.05) is 6.92 Å². The molecule has 0 rings (SSSR count). The predicted octanol–water partition coefficient (Wildman–Crippen LogP) is 0.904. The van der Waals surface area contributed by atoms with Crippen LogP contribution in [0.3, 0.4) is 0 Å². The van der Waals surface area contributed by atoms with E-state index in [0.29, 0.717) is 0 Å². The van der Waals surface area contributed by atoms with Gasteiger partial charge < -0.3 is 4.79 Å². The molecule has 3 nitrogen and oxygen atoms in total. The predicted molar refractivity (Wildman–Crippen MR) is 40.2 cm³/mol. The van der Waals surface area contributed by atoms with Gasteiger partial charge in [0.25, 0.3) is 0 Å². The van der Waals surface area contributed by atoms with E-state index >= 15 is 0 Å². The molecule has 0 aliphatic carbocycles. The Labute approximate surface area is 65.8 Å². The molecule has 0 aromatic heterocycles. The Hall–Kier alpha value is -0.990.